The van der Waals surface area contributed by atoms with E-state index in [1.165, 1.54) is 11.8 Å². The molecule has 0 unspecified atom stereocenters. The van der Waals surface area contributed by atoms with Gasteiger partial charge in [0.05, 0.1) is 6.26 Å². The predicted octanol–water partition coefficient (Wildman–Crippen LogP) is 3.01. The number of carbonyl (C=O) groups is 1. The summed E-state index contributed by atoms with van der Waals surface area (Å²) >= 11 is 6.29. The molecular formula is C23H29ClN4O3. The second-order valence-electron chi connectivity index (χ2n) is 8.06. The molecule has 2 aliphatic rings. The minimum atomic E-state index is -0.0605. The molecule has 1 N–H and O–H groups in total. The molecule has 8 heteroatoms. The van der Waals surface area contributed by atoms with Crippen LogP contribution in [0.4, 0.5) is 0 Å². The van der Waals surface area contributed by atoms with Crippen molar-refractivity contribution in [2.24, 2.45) is 4.99 Å². The molecule has 1 aromatic carbocycles. The van der Waals surface area contributed by atoms with Gasteiger partial charge >= 0.3 is 0 Å². The van der Waals surface area contributed by atoms with Crippen LogP contribution < -0.4 is 5.32 Å². The Morgan fingerprint density at radius 1 is 1.13 bits per heavy atom. The highest BCUT2D eigenvalue weighted by Crippen LogP contribution is 2.35. The number of hydrogen-bond acceptors (Lipinski definition) is 4. The molecule has 7 nitrogen and oxygen atoms in total. The molecule has 1 aromatic heterocycles. The largest absolute Gasteiger partial charge is 0.459 e. The molecule has 1 amide bonds. The van der Waals surface area contributed by atoms with Gasteiger partial charge in [0.15, 0.2) is 11.7 Å². The zero-order chi connectivity index (χ0) is 21.7. The second kappa shape index (κ2) is 9.75. The first-order valence-corrected chi connectivity index (χ1v) is 11.1. The van der Waals surface area contributed by atoms with Crippen molar-refractivity contribution in [2.75, 3.05) is 53.0 Å². The third-order valence-electron chi connectivity index (χ3n) is 6.28. The van der Waals surface area contributed by atoms with E-state index in [1.807, 2.05) is 17.0 Å². The summed E-state index contributed by atoms with van der Waals surface area (Å²) in [6.45, 7) is 4.94. The van der Waals surface area contributed by atoms with E-state index in [1.54, 1.807) is 19.2 Å². The third-order valence-corrected chi connectivity index (χ3v) is 6.52. The highest BCUT2D eigenvalue weighted by atomic mass is 35.5. The predicted molar refractivity (Wildman–Crippen MR) is 121 cm³/mol. The maximum absolute atomic E-state index is 12.5. The van der Waals surface area contributed by atoms with Gasteiger partial charge in [-0.05, 0) is 42.7 Å². The highest BCUT2D eigenvalue weighted by molar-refractivity contribution is 6.30. The molecule has 166 valence electrons. The Morgan fingerprint density at radius 2 is 1.87 bits per heavy atom. The number of ether oxygens (including phenoxy) is 1. The van der Waals surface area contributed by atoms with E-state index in [0.29, 0.717) is 18.8 Å². The summed E-state index contributed by atoms with van der Waals surface area (Å²) in [7, 11) is 1.80. The number of rotatable bonds is 4. The van der Waals surface area contributed by atoms with E-state index in [4.69, 9.17) is 20.8 Å². The Hall–Kier alpha value is -2.51. The molecule has 31 heavy (non-hydrogen) atoms. The van der Waals surface area contributed by atoms with Gasteiger partial charge in [-0.25, -0.2) is 0 Å². The smallest absolute Gasteiger partial charge is 0.289 e. The lowest BCUT2D eigenvalue weighted by Gasteiger charge is -2.40. The van der Waals surface area contributed by atoms with E-state index in [9.17, 15) is 4.79 Å². The number of hydrogen-bond donors (Lipinski definition) is 1. The Morgan fingerprint density at radius 3 is 2.52 bits per heavy atom. The number of piperazine rings is 1. The first kappa shape index (κ1) is 21.7. The first-order chi connectivity index (χ1) is 15.1. The third kappa shape index (κ3) is 4.88. The van der Waals surface area contributed by atoms with Crippen LogP contribution in [-0.4, -0.2) is 74.7 Å². The van der Waals surface area contributed by atoms with Crippen LogP contribution in [0.1, 0.15) is 29.0 Å². The van der Waals surface area contributed by atoms with Gasteiger partial charge in [0.1, 0.15) is 0 Å². The minimum Gasteiger partial charge on any atom is -0.459 e. The number of nitrogens with zero attached hydrogens (tertiary/aromatic N) is 3. The minimum absolute atomic E-state index is 0.0455. The Bertz CT molecular complexity index is 901. The zero-order valence-corrected chi connectivity index (χ0v) is 18.6. The Balaban J connectivity index is 1.39. The van der Waals surface area contributed by atoms with Gasteiger partial charge in [-0.1, -0.05) is 23.7 Å². The Labute approximate surface area is 188 Å². The van der Waals surface area contributed by atoms with Crippen molar-refractivity contribution in [3.05, 3.63) is 59.0 Å². The number of nitrogens with one attached hydrogen (secondary N) is 1. The van der Waals surface area contributed by atoms with Gasteiger partial charge in [0.25, 0.3) is 5.91 Å². The fourth-order valence-electron chi connectivity index (χ4n) is 4.41. The van der Waals surface area contributed by atoms with Crippen molar-refractivity contribution in [1.82, 2.24) is 15.1 Å². The molecule has 0 spiro atoms. The lowest BCUT2D eigenvalue weighted by Crippen LogP contribution is -2.55. The van der Waals surface area contributed by atoms with Crippen LogP contribution in [0, 0.1) is 0 Å². The number of guanidine groups is 1. The van der Waals surface area contributed by atoms with Crippen molar-refractivity contribution in [3.63, 3.8) is 0 Å². The number of amides is 1. The van der Waals surface area contributed by atoms with E-state index in [-0.39, 0.29) is 11.3 Å². The van der Waals surface area contributed by atoms with E-state index >= 15 is 0 Å². The van der Waals surface area contributed by atoms with Crippen LogP contribution in [0.25, 0.3) is 0 Å². The summed E-state index contributed by atoms with van der Waals surface area (Å²) in [5.74, 6) is 1.19. The molecule has 3 heterocycles. The van der Waals surface area contributed by atoms with Crippen LogP contribution in [0.3, 0.4) is 0 Å². The normalized spacial score (nSPS) is 19.4. The summed E-state index contributed by atoms with van der Waals surface area (Å²) in [5, 5.41) is 4.35. The molecule has 2 fully saturated rings. The molecule has 0 bridgehead atoms. The lowest BCUT2D eigenvalue weighted by molar-refractivity contribution is 0.0509. The van der Waals surface area contributed by atoms with Crippen LogP contribution >= 0.6 is 11.6 Å². The number of halogens is 1. The maximum atomic E-state index is 12.5. The highest BCUT2D eigenvalue weighted by Gasteiger charge is 2.35. The van der Waals surface area contributed by atoms with Gasteiger partial charge < -0.3 is 24.3 Å². The van der Waals surface area contributed by atoms with Gasteiger partial charge in [-0.2, -0.15) is 0 Å². The average molecular weight is 445 g/mol. The monoisotopic (exact) mass is 444 g/mol. The molecule has 2 saturated heterocycles. The lowest BCUT2D eigenvalue weighted by atomic mass is 9.74. The molecule has 2 aliphatic heterocycles. The summed E-state index contributed by atoms with van der Waals surface area (Å²) in [6.07, 6.45) is 3.40. The quantitative estimate of drug-likeness (QED) is 0.579. The van der Waals surface area contributed by atoms with Gasteiger partial charge in [-0.15, -0.1) is 0 Å². The first-order valence-electron chi connectivity index (χ1n) is 10.7. The van der Waals surface area contributed by atoms with Crippen molar-refractivity contribution < 1.29 is 13.9 Å². The molecular weight excluding hydrogens is 416 g/mol. The number of aliphatic imine (C=N–C) groups is 1. The van der Waals surface area contributed by atoms with Crippen LogP contribution in [0.2, 0.25) is 5.02 Å². The standard InChI is InChI=1S/C23H29ClN4O3/c1-25-22(28-11-9-27(10-12-28)21(29)20-6-3-13-31-20)26-17-23(7-14-30-15-8-23)18-4-2-5-19(24)16-18/h2-6,13,16H,7-12,14-15,17H2,1H3,(H,25,26). The van der Waals surface area contributed by atoms with E-state index in [2.05, 4.69) is 27.3 Å². The summed E-state index contributed by atoms with van der Waals surface area (Å²) in [4.78, 5) is 21.1. The molecule has 0 atom stereocenters. The number of furan rings is 1. The second-order valence-corrected chi connectivity index (χ2v) is 8.50. The van der Waals surface area contributed by atoms with Crippen LogP contribution in [0.15, 0.2) is 52.1 Å². The van der Waals surface area contributed by atoms with Crippen LogP contribution in [0.5, 0.6) is 0 Å². The van der Waals surface area contributed by atoms with E-state index < -0.39 is 0 Å². The van der Waals surface area contributed by atoms with Gasteiger partial charge in [0, 0.05) is 63.4 Å². The summed E-state index contributed by atoms with van der Waals surface area (Å²) in [6, 6.07) is 11.6. The molecule has 0 aliphatic carbocycles. The zero-order valence-electron chi connectivity index (χ0n) is 17.8. The molecule has 2 aromatic rings. The van der Waals surface area contributed by atoms with Crippen molar-refractivity contribution in [2.45, 2.75) is 18.3 Å². The van der Waals surface area contributed by atoms with E-state index in [0.717, 1.165) is 56.7 Å². The Kier molecular flexibility index (Phi) is 6.83. The fraction of sp³-hybridized carbons (Fsp3) is 0.478. The van der Waals surface area contributed by atoms with Gasteiger partial charge in [-0.3, -0.25) is 9.79 Å². The molecule has 0 saturated carbocycles. The number of benzene rings is 1. The van der Waals surface area contributed by atoms with Gasteiger partial charge in [0.2, 0.25) is 0 Å². The van der Waals surface area contributed by atoms with Crippen LogP contribution in [-0.2, 0) is 10.2 Å². The number of carbonyl (C=O) groups excluding carboxylic acids is 1. The molecule has 0 radical (unpaired) electrons. The molecule has 4 rings (SSSR count). The average Bonchev–Trinajstić information content (AvgIpc) is 3.35. The topological polar surface area (TPSA) is 70.3 Å². The van der Waals surface area contributed by atoms with Crippen molar-refractivity contribution in [1.29, 1.82) is 0 Å². The summed E-state index contributed by atoms with van der Waals surface area (Å²) < 4.78 is 10.9. The van der Waals surface area contributed by atoms with Crippen molar-refractivity contribution >= 4 is 23.5 Å². The fourth-order valence-corrected chi connectivity index (χ4v) is 4.60. The summed E-state index contributed by atoms with van der Waals surface area (Å²) in [5.41, 5.74) is 1.19. The van der Waals surface area contributed by atoms with Crippen molar-refractivity contribution in [3.8, 4) is 0 Å². The SMILES string of the molecule is CN=C(NCC1(c2cccc(Cl)c2)CCOCC1)N1CCN(C(=O)c2ccco2)CC1. The maximum Gasteiger partial charge on any atom is 0.289 e.